The zero-order valence-corrected chi connectivity index (χ0v) is 18.0. The molecule has 0 aliphatic rings. The number of amides is 1. The van der Waals surface area contributed by atoms with Crippen LogP contribution in [0.1, 0.15) is 5.56 Å². The summed E-state index contributed by atoms with van der Waals surface area (Å²) in [7, 11) is 1.62. The molecule has 0 radical (unpaired) electrons. The molecule has 0 aliphatic heterocycles. The Balaban J connectivity index is 1.76. The van der Waals surface area contributed by atoms with Crippen LogP contribution in [0.5, 0.6) is 0 Å². The van der Waals surface area contributed by atoms with Gasteiger partial charge in [-0.05, 0) is 45.8 Å². The van der Waals surface area contributed by atoms with Crippen molar-refractivity contribution in [1.29, 1.82) is 0 Å². The zero-order valence-electron chi connectivity index (χ0n) is 16.4. The molecule has 0 spiro atoms. The Labute approximate surface area is 183 Å². The maximum absolute atomic E-state index is 13.2. The number of halogens is 2. The molecule has 2 aromatic heterocycles. The minimum atomic E-state index is -0.655. The van der Waals surface area contributed by atoms with E-state index in [0.29, 0.717) is 15.7 Å². The molecule has 0 atom stereocenters. The quantitative estimate of drug-likeness (QED) is 0.470. The number of nitrogens with one attached hydrogen (secondary N) is 1. The first-order chi connectivity index (χ1) is 14.8. The van der Waals surface area contributed by atoms with Crippen molar-refractivity contribution in [3.05, 3.63) is 91.4 Å². The smallest absolute Gasteiger partial charge is 0.324 e. The Bertz CT molecular complexity index is 1410. The van der Waals surface area contributed by atoms with Gasteiger partial charge in [-0.1, -0.05) is 24.3 Å². The molecule has 0 bridgehead atoms. The van der Waals surface area contributed by atoms with Gasteiger partial charge in [-0.15, -0.1) is 0 Å². The van der Waals surface area contributed by atoms with Crippen molar-refractivity contribution in [1.82, 2.24) is 18.9 Å². The summed E-state index contributed by atoms with van der Waals surface area (Å²) in [5, 5.41) is 6.91. The van der Waals surface area contributed by atoms with Gasteiger partial charge in [0.2, 0.25) is 5.91 Å². The molecule has 2 aromatic carbocycles. The lowest BCUT2D eigenvalue weighted by atomic mass is 10.2. The Morgan fingerprint density at radius 1 is 1.10 bits per heavy atom. The first kappa shape index (κ1) is 20.7. The third-order valence-corrected chi connectivity index (χ3v) is 5.40. The molecule has 4 rings (SSSR count). The molecule has 0 fully saturated rings. The largest absolute Gasteiger partial charge is 0.332 e. The fourth-order valence-corrected chi connectivity index (χ4v) is 3.63. The van der Waals surface area contributed by atoms with Crippen LogP contribution in [-0.4, -0.2) is 24.8 Å². The number of aryl methyl sites for hydroxylation is 1. The van der Waals surface area contributed by atoms with E-state index in [2.05, 4.69) is 26.3 Å². The van der Waals surface area contributed by atoms with E-state index in [4.69, 9.17) is 0 Å². The van der Waals surface area contributed by atoms with Crippen LogP contribution < -0.4 is 16.6 Å². The fourth-order valence-electron chi connectivity index (χ4n) is 3.25. The lowest BCUT2D eigenvalue weighted by Crippen LogP contribution is -2.41. The summed E-state index contributed by atoms with van der Waals surface area (Å²) in [6, 6.07) is 12.6. The molecule has 1 N–H and O–H groups in total. The number of hydrogen-bond acceptors (Lipinski definition) is 4. The van der Waals surface area contributed by atoms with Crippen molar-refractivity contribution in [3.63, 3.8) is 0 Å². The minimum absolute atomic E-state index is 0.0675. The summed E-state index contributed by atoms with van der Waals surface area (Å²) in [5.41, 5.74) is 0.222. The molecular formula is C21H17BrFN5O3. The number of carbonyl (C=O) groups excluding carboxylic acids is 1. The second-order valence-electron chi connectivity index (χ2n) is 6.95. The molecule has 8 nitrogen and oxygen atoms in total. The highest BCUT2D eigenvalue weighted by molar-refractivity contribution is 9.10. The van der Waals surface area contributed by atoms with E-state index >= 15 is 0 Å². The zero-order chi connectivity index (χ0) is 22.1. The van der Waals surface area contributed by atoms with Crippen molar-refractivity contribution in [2.75, 3.05) is 5.32 Å². The van der Waals surface area contributed by atoms with Crippen LogP contribution in [0.15, 0.2) is 68.8 Å². The van der Waals surface area contributed by atoms with Gasteiger partial charge in [-0.3, -0.25) is 23.4 Å². The van der Waals surface area contributed by atoms with Gasteiger partial charge in [-0.25, -0.2) is 9.18 Å². The molecule has 10 heteroatoms. The maximum atomic E-state index is 13.2. The number of carbonyl (C=O) groups is 1. The average Bonchev–Trinajstić information content (AvgIpc) is 3.13. The number of aromatic nitrogens is 4. The van der Waals surface area contributed by atoms with Gasteiger partial charge < -0.3 is 5.32 Å². The lowest BCUT2D eigenvalue weighted by molar-refractivity contribution is -0.116. The van der Waals surface area contributed by atoms with Gasteiger partial charge in [0, 0.05) is 17.7 Å². The van der Waals surface area contributed by atoms with E-state index in [0.717, 1.165) is 4.57 Å². The summed E-state index contributed by atoms with van der Waals surface area (Å²) < 4.78 is 17.5. The van der Waals surface area contributed by atoms with Gasteiger partial charge in [-0.2, -0.15) is 5.10 Å². The van der Waals surface area contributed by atoms with Crippen molar-refractivity contribution in [2.24, 2.45) is 7.05 Å². The van der Waals surface area contributed by atoms with E-state index in [9.17, 15) is 18.8 Å². The molecule has 4 aromatic rings. The highest BCUT2D eigenvalue weighted by atomic mass is 79.9. The molecular weight excluding hydrogens is 469 g/mol. The standard InChI is InChI=1S/C21H17BrFN5O3/c1-26-11-17-19(25-26)20(30)28(10-13-6-8-14(23)9-7-13)21(31)27(17)12-18(29)24-16-5-3-2-4-15(16)22/h2-9,11H,10,12H2,1H3,(H,24,29). The summed E-state index contributed by atoms with van der Waals surface area (Å²) in [5.74, 6) is -0.858. The number of benzene rings is 2. The number of anilines is 1. The van der Waals surface area contributed by atoms with Crippen molar-refractivity contribution >= 4 is 38.6 Å². The molecule has 1 amide bonds. The molecule has 0 saturated carbocycles. The van der Waals surface area contributed by atoms with Gasteiger partial charge in [0.25, 0.3) is 5.56 Å². The van der Waals surface area contributed by atoms with Crippen LogP contribution in [0.3, 0.4) is 0 Å². The number of rotatable bonds is 5. The third-order valence-electron chi connectivity index (χ3n) is 4.71. The maximum Gasteiger partial charge on any atom is 0.332 e. The second-order valence-corrected chi connectivity index (χ2v) is 7.81. The summed E-state index contributed by atoms with van der Waals surface area (Å²) in [6.45, 7) is -0.387. The van der Waals surface area contributed by atoms with E-state index in [-0.39, 0.29) is 24.1 Å². The highest BCUT2D eigenvalue weighted by Gasteiger charge is 2.18. The Kier molecular flexibility index (Phi) is 5.55. The summed E-state index contributed by atoms with van der Waals surface area (Å²) in [6.07, 6.45) is 1.52. The molecule has 158 valence electrons. The first-order valence-electron chi connectivity index (χ1n) is 9.29. The Morgan fingerprint density at radius 3 is 2.52 bits per heavy atom. The second kappa shape index (κ2) is 8.31. The molecule has 0 unspecified atom stereocenters. The Morgan fingerprint density at radius 2 is 1.81 bits per heavy atom. The van der Waals surface area contributed by atoms with Crippen LogP contribution >= 0.6 is 15.9 Å². The number of hydrogen-bond donors (Lipinski definition) is 1. The van der Waals surface area contributed by atoms with Crippen LogP contribution in [0, 0.1) is 5.82 Å². The number of para-hydroxylation sites is 1. The normalized spacial score (nSPS) is 11.1. The van der Waals surface area contributed by atoms with Crippen molar-refractivity contribution in [3.8, 4) is 0 Å². The van der Waals surface area contributed by atoms with Gasteiger partial charge in [0.15, 0.2) is 5.52 Å². The van der Waals surface area contributed by atoms with Crippen molar-refractivity contribution in [2.45, 2.75) is 13.1 Å². The minimum Gasteiger partial charge on any atom is -0.324 e. The van der Waals surface area contributed by atoms with Gasteiger partial charge in [0.1, 0.15) is 12.4 Å². The Hall–Kier alpha value is -3.53. The third kappa shape index (κ3) is 4.19. The van der Waals surface area contributed by atoms with Crippen LogP contribution in [0.25, 0.3) is 11.0 Å². The van der Waals surface area contributed by atoms with Crippen LogP contribution in [0.2, 0.25) is 0 Å². The number of fused-ring (bicyclic) bond motifs is 1. The first-order valence-corrected chi connectivity index (χ1v) is 10.1. The monoisotopic (exact) mass is 485 g/mol. The molecule has 0 aliphatic carbocycles. The van der Waals surface area contributed by atoms with Crippen molar-refractivity contribution < 1.29 is 9.18 Å². The van der Waals surface area contributed by atoms with E-state index in [1.54, 1.807) is 25.2 Å². The lowest BCUT2D eigenvalue weighted by Gasteiger charge is -2.12. The van der Waals surface area contributed by atoms with E-state index < -0.39 is 23.0 Å². The van der Waals surface area contributed by atoms with Gasteiger partial charge in [0.05, 0.1) is 17.7 Å². The number of nitrogens with zero attached hydrogens (tertiary/aromatic N) is 4. The molecule has 0 saturated heterocycles. The fraction of sp³-hybridized carbons (Fsp3) is 0.143. The van der Waals surface area contributed by atoms with Crippen LogP contribution in [-0.2, 0) is 24.9 Å². The molecule has 2 heterocycles. The summed E-state index contributed by atoms with van der Waals surface area (Å²) >= 11 is 3.36. The van der Waals surface area contributed by atoms with Gasteiger partial charge >= 0.3 is 5.69 Å². The summed E-state index contributed by atoms with van der Waals surface area (Å²) in [4.78, 5) is 38.7. The predicted octanol–water partition coefficient (Wildman–Crippen LogP) is 2.49. The molecule has 31 heavy (non-hydrogen) atoms. The van der Waals surface area contributed by atoms with Crippen LogP contribution in [0.4, 0.5) is 10.1 Å². The highest BCUT2D eigenvalue weighted by Crippen LogP contribution is 2.21. The SMILES string of the molecule is Cn1cc2c(n1)c(=O)n(Cc1ccc(F)cc1)c(=O)n2CC(=O)Nc1ccccc1Br. The van der Waals surface area contributed by atoms with E-state index in [1.807, 2.05) is 6.07 Å². The topological polar surface area (TPSA) is 90.9 Å². The average molecular weight is 486 g/mol. The predicted molar refractivity (Wildman–Crippen MR) is 118 cm³/mol. The van der Waals surface area contributed by atoms with E-state index in [1.165, 1.54) is 39.7 Å².